The number of hydrogen-bond acceptors (Lipinski definition) is 3. The van der Waals surface area contributed by atoms with Crippen LogP contribution in [-0.2, 0) is 5.88 Å². The normalized spacial score (nSPS) is 11.1. The van der Waals surface area contributed by atoms with Crippen LogP contribution in [-0.4, -0.2) is 9.97 Å². The molecule has 3 aromatic rings. The van der Waals surface area contributed by atoms with Crippen molar-refractivity contribution in [2.24, 2.45) is 0 Å². The molecule has 2 heterocycles. The fraction of sp³-hybridized carbons (Fsp3) is 0.0769. The van der Waals surface area contributed by atoms with Crippen LogP contribution in [0, 0.1) is 0 Å². The lowest BCUT2D eigenvalue weighted by molar-refractivity contribution is 1.04. The molecule has 0 radical (unpaired) electrons. The number of rotatable bonds is 2. The predicted octanol–water partition coefficient (Wildman–Crippen LogP) is 4.15. The Morgan fingerprint density at radius 3 is 3.00 bits per heavy atom. The lowest BCUT2D eigenvalue weighted by atomic mass is 10.1. The largest absolute Gasteiger partial charge is 0.309 e. The van der Waals surface area contributed by atoms with Gasteiger partial charge in [0, 0.05) is 15.4 Å². The van der Waals surface area contributed by atoms with Crippen molar-refractivity contribution in [2.45, 2.75) is 5.88 Å². The van der Waals surface area contributed by atoms with E-state index in [1.54, 1.807) is 0 Å². The molecule has 0 aliphatic rings. The Morgan fingerprint density at radius 2 is 2.26 bits per heavy atom. The van der Waals surface area contributed by atoms with Crippen molar-refractivity contribution in [1.29, 1.82) is 0 Å². The zero-order valence-corrected chi connectivity index (χ0v) is 12.8. The van der Waals surface area contributed by atoms with Gasteiger partial charge in [0.1, 0.15) is 10.7 Å². The lowest BCUT2D eigenvalue weighted by Crippen LogP contribution is -2.10. The van der Waals surface area contributed by atoms with E-state index in [0.717, 1.165) is 20.4 Å². The van der Waals surface area contributed by atoms with Crippen LogP contribution in [0.3, 0.4) is 0 Å². The molecule has 0 spiro atoms. The van der Waals surface area contributed by atoms with Gasteiger partial charge < -0.3 is 4.98 Å². The molecule has 0 saturated carbocycles. The van der Waals surface area contributed by atoms with Crippen LogP contribution in [0.1, 0.15) is 5.82 Å². The minimum absolute atomic E-state index is 0.142. The molecule has 0 aliphatic heterocycles. The van der Waals surface area contributed by atoms with E-state index in [0.29, 0.717) is 11.2 Å². The molecular formula is C13H8BrClN2OS. The van der Waals surface area contributed by atoms with E-state index in [2.05, 4.69) is 25.9 Å². The molecule has 0 amide bonds. The highest BCUT2D eigenvalue weighted by Gasteiger charge is 2.12. The maximum atomic E-state index is 12.1. The van der Waals surface area contributed by atoms with Gasteiger partial charge in [-0.1, -0.05) is 28.1 Å². The first-order valence-corrected chi connectivity index (χ1v) is 7.72. The number of thiophene rings is 1. The maximum Gasteiger partial charge on any atom is 0.260 e. The topological polar surface area (TPSA) is 45.8 Å². The van der Waals surface area contributed by atoms with E-state index >= 15 is 0 Å². The highest BCUT2D eigenvalue weighted by molar-refractivity contribution is 9.10. The van der Waals surface area contributed by atoms with Crippen LogP contribution in [0.15, 0.2) is 38.9 Å². The first-order valence-electron chi connectivity index (χ1n) is 5.51. The second kappa shape index (κ2) is 5.07. The molecule has 0 unspecified atom stereocenters. The number of fused-ring (bicyclic) bond motifs is 1. The fourth-order valence-electron chi connectivity index (χ4n) is 1.93. The summed E-state index contributed by atoms with van der Waals surface area (Å²) in [4.78, 5) is 19.9. The van der Waals surface area contributed by atoms with Crippen molar-refractivity contribution < 1.29 is 0 Å². The highest BCUT2D eigenvalue weighted by Crippen LogP contribution is 2.31. The Labute approximate surface area is 126 Å². The molecule has 3 rings (SSSR count). The Bertz CT molecular complexity index is 812. The Morgan fingerprint density at radius 1 is 1.42 bits per heavy atom. The van der Waals surface area contributed by atoms with Gasteiger partial charge in [-0.05, 0) is 17.7 Å². The number of halogens is 2. The number of H-pyrrole nitrogens is 1. The summed E-state index contributed by atoms with van der Waals surface area (Å²) in [7, 11) is 0. The predicted molar refractivity (Wildman–Crippen MR) is 82.9 cm³/mol. The monoisotopic (exact) mass is 354 g/mol. The first kappa shape index (κ1) is 12.8. The first-order chi connectivity index (χ1) is 9.19. The smallest absolute Gasteiger partial charge is 0.260 e. The van der Waals surface area contributed by atoms with Gasteiger partial charge in [0.05, 0.1) is 11.3 Å². The van der Waals surface area contributed by atoms with Crippen LogP contribution in [0.5, 0.6) is 0 Å². The third-order valence-electron chi connectivity index (χ3n) is 2.76. The van der Waals surface area contributed by atoms with Crippen LogP contribution in [0.2, 0.25) is 0 Å². The van der Waals surface area contributed by atoms with Gasteiger partial charge in [-0.15, -0.1) is 22.9 Å². The quantitative estimate of drug-likeness (QED) is 0.702. The standard InChI is InChI=1S/C13H8BrClN2OS/c14-8-3-1-2-7(4-8)9-6-19-13-11(9)12(18)16-10(5-15)17-13/h1-4,6H,5H2,(H,16,17,18). The summed E-state index contributed by atoms with van der Waals surface area (Å²) in [6.45, 7) is 0. The minimum atomic E-state index is -0.142. The van der Waals surface area contributed by atoms with Crippen LogP contribution >= 0.6 is 38.9 Å². The van der Waals surface area contributed by atoms with E-state index in [9.17, 15) is 4.79 Å². The van der Waals surface area contributed by atoms with Crippen molar-refractivity contribution in [2.75, 3.05) is 0 Å². The van der Waals surface area contributed by atoms with Gasteiger partial charge in [0.2, 0.25) is 0 Å². The molecule has 0 saturated heterocycles. The third kappa shape index (κ3) is 2.33. The average Bonchev–Trinajstić information content (AvgIpc) is 2.83. The minimum Gasteiger partial charge on any atom is -0.309 e. The van der Waals surface area contributed by atoms with Crippen LogP contribution in [0.4, 0.5) is 0 Å². The molecule has 0 aliphatic carbocycles. The second-order valence-corrected chi connectivity index (χ2v) is 6.03. The molecule has 0 fully saturated rings. The summed E-state index contributed by atoms with van der Waals surface area (Å²) < 4.78 is 0.978. The number of hydrogen-bond donors (Lipinski definition) is 1. The fourth-order valence-corrected chi connectivity index (χ4v) is 3.42. The van der Waals surface area contributed by atoms with Gasteiger partial charge in [0.15, 0.2) is 0 Å². The molecule has 0 bridgehead atoms. The van der Waals surface area contributed by atoms with Crippen molar-refractivity contribution in [3.8, 4) is 11.1 Å². The summed E-state index contributed by atoms with van der Waals surface area (Å²) in [6.07, 6.45) is 0. The summed E-state index contributed by atoms with van der Waals surface area (Å²) in [5.41, 5.74) is 1.75. The number of aromatic nitrogens is 2. The van der Waals surface area contributed by atoms with E-state index in [1.165, 1.54) is 11.3 Å². The zero-order chi connectivity index (χ0) is 13.4. The SMILES string of the molecule is O=c1[nH]c(CCl)nc2scc(-c3cccc(Br)c3)c12. The zero-order valence-electron chi connectivity index (χ0n) is 9.61. The van der Waals surface area contributed by atoms with Crippen molar-refractivity contribution in [3.05, 3.63) is 50.3 Å². The van der Waals surface area contributed by atoms with Gasteiger partial charge in [-0.3, -0.25) is 4.79 Å². The van der Waals surface area contributed by atoms with Gasteiger partial charge >= 0.3 is 0 Å². The molecule has 6 heteroatoms. The summed E-state index contributed by atoms with van der Waals surface area (Å²) in [5, 5.41) is 2.57. The van der Waals surface area contributed by atoms with E-state index in [1.807, 2.05) is 29.6 Å². The van der Waals surface area contributed by atoms with Crippen molar-refractivity contribution in [3.63, 3.8) is 0 Å². The molecule has 0 atom stereocenters. The Balaban J connectivity index is 2.29. The maximum absolute atomic E-state index is 12.1. The summed E-state index contributed by atoms with van der Waals surface area (Å²) in [6, 6.07) is 7.85. The molecule has 19 heavy (non-hydrogen) atoms. The van der Waals surface area contributed by atoms with E-state index in [4.69, 9.17) is 11.6 Å². The number of aromatic amines is 1. The number of nitrogens with zero attached hydrogens (tertiary/aromatic N) is 1. The van der Waals surface area contributed by atoms with E-state index in [-0.39, 0.29) is 11.4 Å². The van der Waals surface area contributed by atoms with Gasteiger partial charge in [-0.25, -0.2) is 4.98 Å². The summed E-state index contributed by atoms with van der Waals surface area (Å²) in [5.74, 6) is 0.705. The highest BCUT2D eigenvalue weighted by atomic mass is 79.9. The van der Waals surface area contributed by atoms with Crippen molar-refractivity contribution >= 4 is 49.1 Å². The molecule has 3 nitrogen and oxygen atoms in total. The van der Waals surface area contributed by atoms with E-state index < -0.39 is 0 Å². The van der Waals surface area contributed by atoms with Crippen LogP contribution < -0.4 is 5.56 Å². The van der Waals surface area contributed by atoms with Gasteiger partial charge in [-0.2, -0.15) is 0 Å². The molecule has 96 valence electrons. The molecule has 2 aromatic heterocycles. The summed E-state index contributed by atoms with van der Waals surface area (Å²) >= 11 is 10.6. The lowest BCUT2D eigenvalue weighted by Gasteiger charge is -2.01. The average molecular weight is 356 g/mol. The molecular weight excluding hydrogens is 348 g/mol. The van der Waals surface area contributed by atoms with Gasteiger partial charge in [0.25, 0.3) is 5.56 Å². The Hall–Kier alpha value is -1.17. The van der Waals surface area contributed by atoms with Crippen molar-refractivity contribution in [1.82, 2.24) is 9.97 Å². The molecule has 1 aromatic carbocycles. The third-order valence-corrected chi connectivity index (χ3v) is 4.37. The van der Waals surface area contributed by atoms with Crippen LogP contribution in [0.25, 0.3) is 21.3 Å². The number of nitrogens with one attached hydrogen (secondary N) is 1. The number of alkyl halides is 1. The Kier molecular flexibility index (Phi) is 3.43. The number of benzene rings is 1. The molecule has 1 N–H and O–H groups in total. The second-order valence-electron chi connectivity index (χ2n) is 3.99.